The van der Waals surface area contributed by atoms with Gasteiger partial charge in [-0.1, -0.05) is 38.3 Å². The molecular weight excluding hydrogens is 304 g/mol. The van der Waals surface area contributed by atoms with Gasteiger partial charge in [-0.3, -0.25) is 9.80 Å². The van der Waals surface area contributed by atoms with Crippen LogP contribution in [0.4, 0.5) is 0 Å². The molecule has 2 fully saturated rings. The van der Waals surface area contributed by atoms with E-state index in [9.17, 15) is 5.11 Å². The molecule has 0 radical (unpaired) electrons. The van der Waals surface area contributed by atoms with Crippen LogP contribution in [0.5, 0.6) is 0 Å². The van der Waals surface area contributed by atoms with E-state index in [-0.39, 0.29) is 5.92 Å². The van der Waals surface area contributed by atoms with E-state index >= 15 is 0 Å². The molecule has 1 saturated carbocycles. The third-order valence-electron chi connectivity index (χ3n) is 5.54. The fraction of sp³-hybridized carbons (Fsp3) is 0.889. The third kappa shape index (κ3) is 4.35. The van der Waals surface area contributed by atoms with Gasteiger partial charge in [-0.05, 0) is 32.9 Å². The molecule has 1 unspecified atom stereocenters. The fourth-order valence-corrected chi connectivity index (χ4v) is 4.02. The number of hydrogen-bond donors (Lipinski definition) is 1. The number of aliphatic hydroxyl groups is 1. The van der Waals surface area contributed by atoms with Crippen LogP contribution in [-0.2, 0) is 6.54 Å². The Bertz CT molecular complexity index is 525. The topological polar surface area (TPSA) is 65.6 Å². The van der Waals surface area contributed by atoms with Crippen molar-refractivity contribution in [2.75, 3.05) is 26.7 Å². The van der Waals surface area contributed by atoms with E-state index in [1.54, 1.807) is 0 Å². The number of rotatable bonds is 6. The zero-order valence-corrected chi connectivity index (χ0v) is 15.4. The third-order valence-corrected chi connectivity index (χ3v) is 5.54. The summed E-state index contributed by atoms with van der Waals surface area (Å²) < 4.78 is 5.29. The second kappa shape index (κ2) is 7.50. The van der Waals surface area contributed by atoms with Crippen LogP contribution < -0.4 is 0 Å². The van der Waals surface area contributed by atoms with Crippen LogP contribution in [0.15, 0.2) is 4.52 Å². The molecule has 1 saturated heterocycles. The Labute approximate surface area is 145 Å². The highest BCUT2D eigenvalue weighted by Gasteiger charge is 2.35. The van der Waals surface area contributed by atoms with Gasteiger partial charge in [0.15, 0.2) is 5.82 Å². The molecule has 3 rings (SSSR count). The standard InChI is InChI=1S/C18H32N4O2/c1-14(2)17-19-16(20-24-17)12-21(3)15-7-10-22(11-15)13-18(23)8-5-4-6-9-18/h14-15,23H,4-13H2,1-3H3. The second-order valence-corrected chi connectivity index (χ2v) is 8.08. The van der Waals surface area contributed by atoms with Gasteiger partial charge < -0.3 is 9.63 Å². The van der Waals surface area contributed by atoms with Crippen LogP contribution >= 0.6 is 0 Å². The Morgan fingerprint density at radius 1 is 1.33 bits per heavy atom. The minimum Gasteiger partial charge on any atom is -0.389 e. The highest BCUT2D eigenvalue weighted by molar-refractivity contribution is 4.94. The lowest BCUT2D eigenvalue weighted by Gasteiger charge is -2.35. The van der Waals surface area contributed by atoms with Crippen LogP contribution in [0.2, 0.25) is 0 Å². The molecule has 136 valence electrons. The van der Waals surface area contributed by atoms with Crippen molar-refractivity contribution >= 4 is 0 Å². The fourth-order valence-electron chi connectivity index (χ4n) is 4.02. The molecule has 1 aliphatic carbocycles. The van der Waals surface area contributed by atoms with Gasteiger partial charge in [0.05, 0.1) is 12.1 Å². The lowest BCUT2D eigenvalue weighted by molar-refractivity contribution is -0.0225. The summed E-state index contributed by atoms with van der Waals surface area (Å²) in [6.45, 7) is 7.77. The number of likely N-dealkylation sites (N-methyl/N-ethyl adjacent to an activating group) is 1. The Morgan fingerprint density at radius 3 is 2.75 bits per heavy atom. The smallest absolute Gasteiger partial charge is 0.229 e. The first kappa shape index (κ1) is 17.8. The average Bonchev–Trinajstić information content (AvgIpc) is 3.17. The lowest BCUT2D eigenvalue weighted by Crippen LogP contribution is -2.44. The highest BCUT2D eigenvalue weighted by atomic mass is 16.5. The Kier molecular flexibility index (Phi) is 5.57. The summed E-state index contributed by atoms with van der Waals surface area (Å²) >= 11 is 0. The second-order valence-electron chi connectivity index (χ2n) is 8.08. The minimum absolute atomic E-state index is 0.273. The quantitative estimate of drug-likeness (QED) is 0.860. The van der Waals surface area contributed by atoms with Crippen molar-refractivity contribution < 1.29 is 9.63 Å². The number of β-amino-alcohol motifs (C(OH)–C–C–N with tert-alkyl or cyclic N) is 1. The van der Waals surface area contributed by atoms with Gasteiger partial charge in [0.2, 0.25) is 5.89 Å². The highest BCUT2D eigenvalue weighted by Crippen LogP contribution is 2.30. The summed E-state index contributed by atoms with van der Waals surface area (Å²) in [5, 5.41) is 14.8. The van der Waals surface area contributed by atoms with Crippen LogP contribution in [0.25, 0.3) is 0 Å². The van der Waals surface area contributed by atoms with Crippen molar-refractivity contribution in [3.63, 3.8) is 0 Å². The molecule has 0 bridgehead atoms. The molecule has 6 nitrogen and oxygen atoms in total. The summed E-state index contributed by atoms with van der Waals surface area (Å²) in [6.07, 6.45) is 6.68. The van der Waals surface area contributed by atoms with E-state index in [1.807, 2.05) is 0 Å². The predicted octanol–water partition coefficient (Wildman–Crippen LogP) is 2.39. The Morgan fingerprint density at radius 2 is 2.08 bits per heavy atom. The zero-order chi connectivity index (χ0) is 17.2. The van der Waals surface area contributed by atoms with E-state index in [1.165, 1.54) is 19.3 Å². The molecular formula is C18H32N4O2. The van der Waals surface area contributed by atoms with Gasteiger partial charge in [0, 0.05) is 25.0 Å². The van der Waals surface area contributed by atoms with E-state index in [4.69, 9.17) is 4.52 Å². The maximum Gasteiger partial charge on any atom is 0.229 e. The molecule has 6 heteroatoms. The van der Waals surface area contributed by atoms with Crippen LogP contribution in [0, 0.1) is 0 Å². The molecule has 1 N–H and O–H groups in total. The largest absolute Gasteiger partial charge is 0.389 e. The van der Waals surface area contributed by atoms with Crippen LogP contribution in [0.3, 0.4) is 0 Å². The summed E-state index contributed by atoms with van der Waals surface area (Å²) in [4.78, 5) is 9.22. The van der Waals surface area contributed by atoms with Gasteiger partial charge in [0.1, 0.15) is 0 Å². The van der Waals surface area contributed by atoms with E-state index in [0.717, 1.165) is 51.3 Å². The first-order valence-electron chi connectivity index (χ1n) is 9.43. The molecule has 0 amide bonds. The SMILES string of the molecule is CC(C)c1nc(CN(C)C2CCN(CC3(O)CCCCC3)C2)no1. The molecule has 1 aliphatic heterocycles. The van der Waals surface area contributed by atoms with E-state index < -0.39 is 5.60 Å². The Balaban J connectivity index is 1.49. The van der Waals surface area contributed by atoms with Gasteiger partial charge in [-0.2, -0.15) is 4.98 Å². The monoisotopic (exact) mass is 336 g/mol. The lowest BCUT2D eigenvalue weighted by atomic mass is 9.84. The molecule has 1 aromatic heterocycles. The van der Waals surface area contributed by atoms with Gasteiger partial charge in [-0.25, -0.2) is 0 Å². The molecule has 2 aliphatic rings. The van der Waals surface area contributed by atoms with Gasteiger partial charge in [-0.15, -0.1) is 0 Å². The normalized spacial score (nSPS) is 25.0. The number of nitrogens with zero attached hydrogens (tertiary/aromatic N) is 4. The molecule has 0 aromatic carbocycles. The molecule has 2 heterocycles. The van der Waals surface area contributed by atoms with Gasteiger partial charge in [0.25, 0.3) is 0 Å². The summed E-state index contributed by atoms with van der Waals surface area (Å²) in [5.41, 5.74) is -0.453. The Hall–Kier alpha value is -0.980. The first-order chi connectivity index (χ1) is 11.5. The van der Waals surface area contributed by atoms with E-state index in [2.05, 4.69) is 40.8 Å². The molecule has 0 spiro atoms. The van der Waals surface area contributed by atoms with Crippen LogP contribution in [0.1, 0.15) is 70.0 Å². The summed E-state index contributed by atoms with van der Waals surface area (Å²) in [7, 11) is 2.13. The van der Waals surface area contributed by atoms with Crippen molar-refractivity contribution in [1.82, 2.24) is 19.9 Å². The summed E-state index contributed by atoms with van der Waals surface area (Å²) in [6, 6.07) is 0.498. The maximum atomic E-state index is 10.8. The van der Waals surface area contributed by atoms with Crippen molar-refractivity contribution in [1.29, 1.82) is 0 Å². The number of hydrogen-bond acceptors (Lipinski definition) is 6. The maximum absolute atomic E-state index is 10.8. The summed E-state index contributed by atoms with van der Waals surface area (Å²) in [5.74, 6) is 1.76. The van der Waals surface area contributed by atoms with Crippen molar-refractivity contribution in [2.45, 2.75) is 76.5 Å². The van der Waals surface area contributed by atoms with Gasteiger partial charge >= 0.3 is 0 Å². The number of aromatic nitrogens is 2. The molecule has 1 aromatic rings. The average molecular weight is 336 g/mol. The minimum atomic E-state index is -0.453. The van der Waals surface area contributed by atoms with Crippen molar-refractivity contribution in [2.24, 2.45) is 0 Å². The van der Waals surface area contributed by atoms with Crippen molar-refractivity contribution in [3.05, 3.63) is 11.7 Å². The first-order valence-corrected chi connectivity index (χ1v) is 9.43. The predicted molar refractivity (Wildman–Crippen MR) is 92.7 cm³/mol. The van der Waals surface area contributed by atoms with Crippen LogP contribution in [-0.4, -0.2) is 63.4 Å². The molecule has 1 atom stereocenters. The number of likely N-dealkylation sites (tertiary alicyclic amines) is 1. The van der Waals surface area contributed by atoms with E-state index in [0.29, 0.717) is 11.9 Å². The molecule has 24 heavy (non-hydrogen) atoms. The zero-order valence-electron chi connectivity index (χ0n) is 15.4. The van der Waals surface area contributed by atoms with Crippen molar-refractivity contribution in [3.8, 4) is 0 Å².